The largest absolute Gasteiger partial charge is 0.508 e. The fourth-order valence-electron chi connectivity index (χ4n) is 2.49. The Kier molecular flexibility index (Phi) is 7.76. The van der Waals surface area contributed by atoms with E-state index in [1.54, 1.807) is 23.9 Å². The van der Waals surface area contributed by atoms with E-state index in [0.29, 0.717) is 0 Å². The van der Waals surface area contributed by atoms with E-state index in [4.69, 9.17) is 9.29 Å². The molecule has 0 heterocycles. The van der Waals surface area contributed by atoms with Crippen LogP contribution in [0.25, 0.3) is 0 Å². The first-order valence-electron chi connectivity index (χ1n) is 9.50. The van der Waals surface area contributed by atoms with E-state index in [0.717, 1.165) is 5.56 Å². The van der Waals surface area contributed by atoms with Gasteiger partial charge in [0.1, 0.15) is 16.4 Å². The molecule has 4 aromatic carbocycles. The lowest BCUT2D eigenvalue weighted by atomic mass is 10.2. The quantitative estimate of drug-likeness (QED) is 0.361. The zero-order chi connectivity index (χ0) is 22.1. The highest BCUT2D eigenvalue weighted by Gasteiger charge is 2.16. The fourth-order valence-corrected chi connectivity index (χ4v) is 4.28. The van der Waals surface area contributed by atoms with Crippen molar-refractivity contribution in [3.05, 3.63) is 115 Å². The topological polar surface area (TPSA) is 63.6 Å². The number of hydrogen-bond acceptors (Lipinski definition) is 5. The van der Waals surface area contributed by atoms with Crippen LogP contribution in [0.4, 0.5) is 0 Å². The van der Waals surface area contributed by atoms with Crippen LogP contribution in [0.3, 0.4) is 0 Å². The molecule has 0 aliphatic heterocycles. The summed E-state index contributed by atoms with van der Waals surface area (Å²) in [5.41, 5.74) is 0.971. The molecule has 0 radical (unpaired) electrons. The van der Waals surface area contributed by atoms with E-state index >= 15 is 0 Å². The molecule has 158 valence electrons. The first kappa shape index (κ1) is 22.5. The van der Waals surface area contributed by atoms with Gasteiger partial charge in [-0.15, -0.1) is 0 Å². The van der Waals surface area contributed by atoms with Gasteiger partial charge in [-0.1, -0.05) is 65.9 Å². The second kappa shape index (κ2) is 10.7. The normalized spacial score (nSPS) is 10.6. The molecule has 0 fully saturated rings. The van der Waals surface area contributed by atoms with Gasteiger partial charge in [0.25, 0.3) is 0 Å². The van der Waals surface area contributed by atoms with Crippen molar-refractivity contribution >= 4 is 21.9 Å². The summed E-state index contributed by atoms with van der Waals surface area (Å²) in [7, 11) is -3.82. The molecule has 0 atom stereocenters. The Morgan fingerprint density at radius 3 is 1.65 bits per heavy atom. The first-order valence-corrected chi connectivity index (χ1v) is 11.7. The molecule has 0 unspecified atom stereocenters. The molecule has 0 spiro atoms. The molecule has 31 heavy (non-hydrogen) atoms. The van der Waals surface area contributed by atoms with Crippen LogP contribution in [0, 0.1) is 6.92 Å². The number of phenols is 1. The van der Waals surface area contributed by atoms with Crippen LogP contribution in [0.2, 0.25) is 0 Å². The summed E-state index contributed by atoms with van der Waals surface area (Å²) < 4.78 is 28.8. The van der Waals surface area contributed by atoms with E-state index in [-0.39, 0.29) is 16.4 Å². The average Bonchev–Trinajstić information content (AvgIpc) is 2.77. The van der Waals surface area contributed by atoms with Gasteiger partial charge >= 0.3 is 10.1 Å². The minimum absolute atomic E-state index is 0.0510. The third-order valence-electron chi connectivity index (χ3n) is 4.07. The minimum Gasteiger partial charge on any atom is -0.508 e. The molecule has 4 rings (SSSR count). The molecule has 0 saturated carbocycles. The number of aromatic hydroxyl groups is 1. The van der Waals surface area contributed by atoms with Gasteiger partial charge in [-0.3, -0.25) is 0 Å². The van der Waals surface area contributed by atoms with E-state index in [9.17, 15) is 8.42 Å². The lowest BCUT2D eigenvalue weighted by molar-refractivity contribution is 0.468. The Labute approximate surface area is 187 Å². The van der Waals surface area contributed by atoms with Crippen LogP contribution >= 0.6 is 11.8 Å². The first-order chi connectivity index (χ1) is 14.9. The Hall–Kier alpha value is -3.22. The molecule has 0 amide bonds. The van der Waals surface area contributed by atoms with Crippen molar-refractivity contribution in [2.45, 2.75) is 21.6 Å². The summed E-state index contributed by atoms with van der Waals surface area (Å²) in [5.74, 6) is 0.212. The monoisotopic (exact) mass is 450 g/mol. The standard InChI is InChI=1S/C13H12O4S.C12H10S/c1-10-2-8-13(9-3-10)18(15,16)17-12-6-4-11(14)5-7-12;1-3-7-11(8-4-1)13-12-9-5-2-6-10-12/h2-9,14H,1H3;1-10H. The SMILES string of the molecule is Cc1ccc(S(=O)(=O)Oc2ccc(O)cc2)cc1.c1ccc(Sc2ccccc2)cc1. The highest BCUT2D eigenvalue weighted by atomic mass is 32.2. The number of hydrogen-bond donors (Lipinski definition) is 1. The summed E-state index contributed by atoms with van der Waals surface area (Å²) >= 11 is 1.79. The predicted octanol–water partition coefficient (Wildman–Crippen LogP) is 6.31. The molecule has 6 heteroatoms. The summed E-state index contributed by atoms with van der Waals surface area (Å²) in [5, 5.41) is 9.10. The molecule has 4 aromatic rings. The number of aryl methyl sites for hydroxylation is 1. The van der Waals surface area contributed by atoms with Crippen molar-refractivity contribution in [3.8, 4) is 11.5 Å². The number of phenolic OH excluding ortho intramolecular Hbond substituents is 1. The highest BCUT2D eigenvalue weighted by Crippen LogP contribution is 2.26. The predicted molar refractivity (Wildman–Crippen MR) is 124 cm³/mol. The number of rotatable bonds is 5. The summed E-state index contributed by atoms with van der Waals surface area (Å²) in [6.45, 7) is 1.87. The van der Waals surface area contributed by atoms with E-state index in [2.05, 4.69) is 48.5 Å². The zero-order valence-electron chi connectivity index (χ0n) is 16.9. The lowest BCUT2D eigenvalue weighted by Crippen LogP contribution is -2.09. The second-order valence-electron chi connectivity index (χ2n) is 6.57. The molecule has 0 bridgehead atoms. The highest BCUT2D eigenvalue weighted by molar-refractivity contribution is 7.99. The fraction of sp³-hybridized carbons (Fsp3) is 0.0400. The van der Waals surface area contributed by atoms with Gasteiger partial charge in [0.15, 0.2) is 0 Å². The van der Waals surface area contributed by atoms with Crippen LogP contribution in [0.5, 0.6) is 11.5 Å². The summed E-state index contributed by atoms with van der Waals surface area (Å²) in [4.78, 5) is 2.67. The second-order valence-corrected chi connectivity index (χ2v) is 9.27. The maximum Gasteiger partial charge on any atom is 0.339 e. The third-order valence-corrected chi connectivity index (χ3v) is 6.35. The molecule has 0 aliphatic rings. The van der Waals surface area contributed by atoms with Crippen molar-refractivity contribution in [2.75, 3.05) is 0 Å². The molecule has 0 aliphatic carbocycles. The van der Waals surface area contributed by atoms with Gasteiger partial charge in [0, 0.05) is 9.79 Å². The smallest absolute Gasteiger partial charge is 0.339 e. The van der Waals surface area contributed by atoms with Gasteiger partial charge in [-0.25, -0.2) is 0 Å². The Morgan fingerprint density at radius 1 is 0.677 bits per heavy atom. The maximum absolute atomic E-state index is 11.9. The minimum atomic E-state index is -3.82. The van der Waals surface area contributed by atoms with Crippen LogP contribution < -0.4 is 4.18 Å². The molecule has 0 saturated heterocycles. The maximum atomic E-state index is 11.9. The van der Waals surface area contributed by atoms with Crippen molar-refractivity contribution in [1.82, 2.24) is 0 Å². The zero-order valence-corrected chi connectivity index (χ0v) is 18.5. The van der Waals surface area contributed by atoms with Gasteiger partial charge in [0.05, 0.1) is 0 Å². The Balaban J connectivity index is 0.000000185. The Morgan fingerprint density at radius 2 is 1.16 bits per heavy atom. The summed E-state index contributed by atoms with van der Waals surface area (Å²) in [6.07, 6.45) is 0. The molecule has 0 aromatic heterocycles. The van der Waals surface area contributed by atoms with Gasteiger partial charge in [-0.05, 0) is 67.6 Å². The van der Waals surface area contributed by atoms with Crippen LogP contribution in [-0.4, -0.2) is 13.5 Å². The van der Waals surface area contributed by atoms with E-state index in [1.807, 2.05) is 19.1 Å². The Bertz CT molecular complexity index is 1140. The van der Waals surface area contributed by atoms with Crippen molar-refractivity contribution in [3.63, 3.8) is 0 Å². The van der Waals surface area contributed by atoms with Crippen molar-refractivity contribution in [1.29, 1.82) is 0 Å². The van der Waals surface area contributed by atoms with Gasteiger partial charge in [0.2, 0.25) is 0 Å². The molecule has 1 N–H and O–H groups in total. The lowest BCUT2D eigenvalue weighted by Gasteiger charge is -2.07. The van der Waals surface area contributed by atoms with Crippen LogP contribution in [-0.2, 0) is 10.1 Å². The van der Waals surface area contributed by atoms with Gasteiger partial charge in [-0.2, -0.15) is 8.42 Å². The molecular formula is C25H22O4S2. The molecular weight excluding hydrogens is 428 g/mol. The number of benzene rings is 4. The van der Waals surface area contributed by atoms with Crippen molar-refractivity contribution < 1.29 is 17.7 Å². The van der Waals surface area contributed by atoms with Crippen LogP contribution in [0.15, 0.2) is 124 Å². The average molecular weight is 451 g/mol. The van der Waals surface area contributed by atoms with Gasteiger partial charge < -0.3 is 9.29 Å². The van der Waals surface area contributed by atoms with Crippen molar-refractivity contribution in [2.24, 2.45) is 0 Å². The van der Waals surface area contributed by atoms with Crippen LogP contribution in [0.1, 0.15) is 5.56 Å². The van der Waals surface area contributed by atoms with E-state index in [1.165, 1.54) is 46.2 Å². The third kappa shape index (κ3) is 7.20. The summed E-state index contributed by atoms with van der Waals surface area (Å²) in [6, 6.07) is 32.7. The van der Waals surface area contributed by atoms with E-state index < -0.39 is 10.1 Å². The molecule has 4 nitrogen and oxygen atoms in total.